The third-order valence-corrected chi connectivity index (χ3v) is 4.57. The summed E-state index contributed by atoms with van der Waals surface area (Å²) in [5, 5.41) is 30.6. The summed E-state index contributed by atoms with van der Waals surface area (Å²) in [6.07, 6.45) is -2.10. The van der Waals surface area contributed by atoms with Crippen molar-refractivity contribution in [2.45, 2.75) is 30.7 Å². The van der Waals surface area contributed by atoms with Gasteiger partial charge in [0.15, 0.2) is 11.0 Å². The van der Waals surface area contributed by atoms with Crippen LogP contribution < -0.4 is 5.43 Å². The fourth-order valence-electron chi connectivity index (χ4n) is 3.31. The largest absolute Gasteiger partial charge is 0.508 e. The summed E-state index contributed by atoms with van der Waals surface area (Å²) in [5.74, 6) is -1.06. The van der Waals surface area contributed by atoms with Gasteiger partial charge >= 0.3 is 0 Å². The molecule has 3 rings (SSSR count). The number of aromatic hydroxyl groups is 2. The number of carbonyl (C=O) groups is 1. The number of benzene rings is 1. The molecule has 134 valence electrons. The third kappa shape index (κ3) is 2.68. The first kappa shape index (κ1) is 17.4. The molecule has 8 nitrogen and oxygen atoms in total. The molecule has 2 unspecified atom stereocenters. The Balaban J connectivity index is 2.25. The molecule has 1 heterocycles. The van der Waals surface area contributed by atoms with Gasteiger partial charge in [-0.3, -0.25) is 9.59 Å². The molecule has 1 aromatic carbocycles. The molecule has 1 aromatic heterocycles. The second kappa shape index (κ2) is 6.14. The second-order valence-corrected chi connectivity index (χ2v) is 6.03. The summed E-state index contributed by atoms with van der Waals surface area (Å²) in [5.41, 5.74) is -2.59. The minimum atomic E-state index is -1.88. The van der Waals surface area contributed by atoms with Crippen molar-refractivity contribution in [2.75, 3.05) is 14.2 Å². The first-order chi connectivity index (χ1) is 11.8. The van der Waals surface area contributed by atoms with Gasteiger partial charge in [0.05, 0.1) is 0 Å². The molecule has 0 radical (unpaired) electrons. The number of fused-ring (bicyclic) bond motifs is 1. The van der Waals surface area contributed by atoms with Gasteiger partial charge in [0.1, 0.15) is 46.2 Å². The molecule has 0 saturated heterocycles. The number of rotatable bonds is 3. The average molecular weight is 350 g/mol. The van der Waals surface area contributed by atoms with Gasteiger partial charge in [-0.2, -0.15) is 0 Å². The Morgan fingerprint density at radius 1 is 1.08 bits per heavy atom. The van der Waals surface area contributed by atoms with Crippen molar-refractivity contribution >= 4 is 16.8 Å². The molecule has 0 aliphatic heterocycles. The minimum Gasteiger partial charge on any atom is -0.508 e. The molecule has 0 amide bonds. The lowest BCUT2D eigenvalue weighted by molar-refractivity contribution is -0.201. The van der Waals surface area contributed by atoms with Crippen molar-refractivity contribution in [3.63, 3.8) is 0 Å². The first-order valence-electron chi connectivity index (χ1n) is 7.61. The van der Waals surface area contributed by atoms with Crippen LogP contribution in [-0.2, 0) is 19.9 Å². The first-order valence-corrected chi connectivity index (χ1v) is 7.61. The fourth-order valence-corrected chi connectivity index (χ4v) is 3.31. The van der Waals surface area contributed by atoms with E-state index in [0.29, 0.717) is 0 Å². The summed E-state index contributed by atoms with van der Waals surface area (Å²) < 4.78 is 16.1. The van der Waals surface area contributed by atoms with E-state index in [0.717, 1.165) is 18.2 Å². The van der Waals surface area contributed by atoms with Crippen LogP contribution in [0.15, 0.2) is 27.4 Å². The monoisotopic (exact) mass is 350 g/mol. The molecule has 0 bridgehead atoms. The van der Waals surface area contributed by atoms with Crippen LogP contribution >= 0.6 is 0 Å². The lowest BCUT2D eigenvalue weighted by Gasteiger charge is -2.42. The third-order valence-electron chi connectivity index (χ3n) is 4.57. The average Bonchev–Trinajstić information content (AvgIpc) is 2.55. The van der Waals surface area contributed by atoms with Crippen molar-refractivity contribution in [1.82, 2.24) is 0 Å². The number of phenols is 2. The Morgan fingerprint density at radius 2 is 1.68 bits per heavy atom. The molecule has 0 spiro atoms. The van der Waals surface area contributed by atoms with E-state index in [2.05, 4.69) is 0 Å². The molecule has 3 N–H and O–H groups in total. The number of aliphatic hydroxyl groups is 1. The number of hydrogen-bond acceptors (Lipinski definition) is 8. The topological polar surface area (TPSA) is 126 Å². The zero-order chi connectivity index (χ0) is 18.4. The number of ether oxygens (including phenoxy) is 2. The SMILES string of the molecule is COC1CC(=O)CC(OC)C1(O)c1cc(=O)c2c(O)cc(O)cc2o1. The lowest BCUT2D eigenvalue weighted by Crippen LogP contribution is -2.56. The van der Waals surface area contributed by atoms with E-state index in [9.17, 15) is 24.9 Å². The Hall–Kier alpha value is -2.42. The molecule has 25 heavy (non-hydrogen) atoms. The zero-order valence-electron chi connectivity index (χ0n) is 13.7. The predicted molar refractivity (Wildman–Crippen MR) is 85.5 cm³/mol. The van der Waals surface area contributed by atoms with Gasteiger partial charge in [0, 0.05) is 45.3 Å². The highest BCUT2D eigenvalue weighted by molar-refractivity contribution is 5.85. The minimum absolute atomic E-state index is 0.0695. The highest BCUT2D eigenvalue weighted by atomic mass is 16.5. The molecule has 1 aliphatic carbocycles. The summed E-state index contributed by atoms with van der Waals surface area (Å²) in [7, 11) is 2.66. The maximum Gasteiger partial charge on any atom is 0.196 e. The maximum atomic E-state index is 12.4. The van der Waals surface area contributed by atoms with Gasteiger partial charge in [-0.1, -0.05) is 0 Å². The van der Waals surface area contributed by atoms with Crippen LogP contribution in [0.25, 0.3) is 11.0 Å². The normalized spacial score (nSPS) is 26.9. The van der Waals surface area contributed by atoms with E-state index in [1.165, 1.54) is 14.2 Å². The second-order valence-electron chi connectivity index (χ2n) is 6.03. The highest BCUT2D eigenvalue weighted by Gasteiger charge is 2.53. The van der Waals surface area contributed by atoms with E-state index in [4.69, 9.17) is 13.9 Å². The molecule has 1 aliphatic rings. The van der Waals surface area contributed by atoms with Crippen LogP contribution in [-0.4, -0.2) is 47.5 Å². The van der Waals surface area contributed by atoms with Crippen molar-refractivity contribution < 1.29 is 34.0 Å². The fraction of sp³-hybridized carbons (Fsp3) is 0.412. The predicted octanol–water partition coefficient (Wildman–Crippen LogP) is 0.785. The van der Waals surface area contributed by atoms with Crippen LogP contribution in [0.3, 0.4) is 0 Å². The van der Waals surface area contributed by atoms with Gasteiger partial charge < -0.3 is 29.2 Å². The standard InChI is InChI=1S/C17H18O8/c1-23-13-5-9(19)6-14(24-2)17(13,22)15-7-11(21)16-10(20)3-8(18)4-12(16)25-15/h3-4,7,13-14,18,20,22H,5-6H2,1-2H3. The number of Topliss-reactive ketones (excluding diaryl/α,β-unsaturated/α-hetero) is 1. The van der Waals surface area contributed by atoms with Crippen LogP contribution in [0, 0.1) is 0 Å². The Morgan fingerprint density at radius 3 is 2.24 bits per heavy atom. The summed E-state index contributed by atoms with van der Waals surface area (Å²) in [4.78, 5) is 24.3. The van der Waals surface area contributed by atoms with Gasteiger partial charge in [0.2, 0.25) is 0 Å². The molecule has 1 saturated carbocycles. The van der Waals surface area contributed by atoms with Crippen molar-refractivity contribution in [1.29, 1.82) is 0 Å². The Kier molecular flexibility index (Phi) is 4.28. The summed E-state index contributed by atoms with van der Waals surface area (Å²) in [6, 6.07) is 3.21. The van der Waals surface area contributed by atoms with E-state index in [-0.39, 0.29) is 41.1 Å². The number of phenolic OH excluding ortho intramolecular Hbond substituents is 2. The highest BCUT2D eigenvalue weighted by Crippen LogP contribution is 2.40. The van der Waals surface area contributed by atoms with E-state index in [1.54, 1.807) is 0 Å². The molecular formula is C17H18O8. The van der Waals surface area contributed by atoms with Crippen LogP contribution in [0.4, 0.5) is 0 Å². The summed E-state index contributed by atoms with van der Waals surface area (Å²) in [6.45, 7) is 0. The van der Waals surface area contributed by atoms with Crippen molar-refractivity contribution in [3.8, 4) is 11.5 Å². The van der Waals surface area contributed by atoms with E-state index in [1.807, 2.05) is 0 Å². The number of hydrogen-bond donors (Lipinski definition) is 3. The molecule has 8 heteroatoms. The number of methoxy groups -OCH3 is 2. The number of carbonyl (C=O) groups excluding carboxylic acids is 1. The van der Waals surface area contributed by atoms with E-state index < -0.39 is 29.0 Å². The maximum absolute atomic E-state index is 12.4. The van der Waals surface area contributed by atoms with E-state index >= 15 is 0 Å². The van der Waals surface area contributed by atoms with Crippen LogP contribution in [0.5, 0.6) is 11.5 Å². The van der Waals surface area contributed by atoms with Gasteiger partial charge in [-0.25, -0.2) is 0 Å². The number of ketones is 1. The molecule has 1 fully saturated rings. The van der Waals surface area contributed by atoms with Crippen molar-refractivity contribution in [2.24, 2.45) is 0 Å². The zero-order valence-corrected chi connectivity index (χ0v) is 13.7. The summed E-state index contributed by atoms with van der Waals surface area (Å²) >= 11 is 0. The van der Waals surface area contributed by atoms with Crippen molar-refractivity contribution in [3.05, 3.63) is 34.2 Å². The smallest absolute Gasteiger partial charge is 0.196 e. The van der Waals surface area contributed by atoms with Crippen LogP contribution in [0.1, 0.15) is 18.6 Å². The molecule has 2 atom stereocenters. The molecule has 2 aromatic rings. The van der Waals surface area contributed by atoms with Gasteiger partial charge in [0.25, 0.3) is 0 Å². The lowest BCUT2D eigenvalue weighted by atomic mass is 9.77. The Bertz CT molecular complexity index is 868. The van der Waals surface area contributed by atoms with Gasteiger partial charge in [-0.05, 0) is 0 Å². The Labute approximate surface area is 142 Å². The quantitative estimate of drug-likeness (QED) is 0.741. The van der Waals surface area contributed by atoms with Gasteiger partial charge in [-0.15, -0.1) is 0 Å². The molecular weight excluding hydrogens is 332 g/mol. The van der Waals surface area contributed by atoms with Crippen LogP contribution in [0.2, 0.25) is 0 Å².